The number of H-pyrrole nitrogens is 1. The van der Waals surface area contributed by atoms with Crippen LogP contribution in [0.3, 0.4) is 0 Å². The standard InChI is InChI=1S/C23H22F3N5O/c1-12-8-14(16-2-5-29-22-19(16)15(10-27)11-30-22)9-17(24)18(12)13-3-6-31(7-4-13)23(32)20(28)21(25)26/h2,5,8-9,11,13,20-21H,3-4,6-7,28H2,1H3,(H,29,30). The maximum absolute atomic E-state index is 15.3. The monoisotopic (exact) mass is 441 g/mol. The van der Waals surface area contributed by atoms with Gasteiger partial charge in [0.1, 0.15) is 23.6 Å². The molecule has 3 heterocycles. The van der Waals surface area contributed by atoms with E-state index in [0.29, 0.717) is 46.1 Å². The molecule has 3 aromatic rings. The summed E-state index contributed by atoms with van der Waals surface area (Å²) in [5.41, 5.74) is 8.95. The molecule has 0 aliphatic carbocycles. The number of aromatic amines is 1. The van der Waals surface area contributed by atoms with E-state index in [-0.39, 0.29) is 24.8 Å². The van der Waals surface area contributed by atoms with Gasteiger partial charge in [0, 0.05) is 30.9 Å². The maximum Gasteiger partial charge on any atom is 0.262 e. The van der Waals surface area contributed by atoms with Gasteiger partial charge in [-0.3, -0.25) is 4.79 Å². The summed E-state index contributed by atoms with van der Waals surface area (Å²) < 4.78 is 40.8. The number of aromatic nitrogens is 2. The molecule has 1 unspecified atom stereocenters. The highest BCUT2D eigenvalue weighted by Gasteiger charge is 2.32. The number of nitriles is 1. The van der Waals surface area contributed by atoms with E-state index in [4.69, 9.17) is 5.73 Å². The first-order valence-electron chi connectivity index (χ1n) is 10.3. The largest absolute Gasteiger partial charge is 0.345 e. The van der Waals surface area contributed by atoms with Crippen LogP contribution in [-0.4, -0.2) is 46.3 Å². The van der Waals surface area contributed by atoms with Crippen molar-refractivity contribution >= 4 is 16.9 Å². The predicted octanol–water partition coefficient (Wildman–Crippen LogP) is 3.85. The number of piperidine rings is 1. The van der Waals surface area contributed by atoms with Crippen LogP contribution in [0.2, 0.25) is 0 Å². The normalized spacial score (nSPS) is 15.8. The van der Waals surface area contributed by atoms with Crippen LogP contribution in [0.1, 0.15) is 35.4 Å². The Morgan fingerprint density at radius 3 is 2.69 bits per heavy atom. The molecule has 166 valence electrons. The quantitative estimate of drug-likeness (QED) is 0.643. The number of hydrogen-bond acceptors (Lipinski definition) is 4. The van der Waals surface area contributed by atoms with Gasteiger partial charge in [-0.1, -0.05) is 6.07 Å². The average Bonchev–Trinajstić information content (AvgIpc) is 3.21. The van der Waals surface area contributed by atoms with Gasteiger partial charge in [0.15, 0.2) is 0 Å². The highest BCUT2D eigenvalue weighted by molar-refractivity contribution is 5.97. The number of amides is 1. The summed E-state index contributed by atoms with van der Waals surface area (Å²) in [6.45, 7) is 2.33. The smallest absolute Gasteiger partial charge is 0.262 e. The lowest BCUT2D eigenvalue weighted by Gasteiger charge is -2.34. The molecule has 0 bridgehead atoms. The number of carbonyl (C=O) groups excluding carboxylic acids is 1. The van der Waals surface area contributed by atoms with Gasteiger partial charge >= 0.3 is 0 Å². The van der Waals surface area contributed by atoms with E-state index in [9.17, 15) is 18.8 Å². The molecule has 32 heavy (non-hydrogen) atoms. The second-order valence-corrected chi connectivity index (χ2v) is 8.04. The molecule has 1 aromatic carbocycles. The van der Waals surface area contributed by atoms with E-state index < -0.39 is 18.4 Å². The minimum Gasteiger partial charge on any atom is -0.345 e. The van der Waals surface area contributed by atoms with Crippen molar-refractivity contribution in [1.29, 1.82) is 5.26 Å². The van der Waals surface area contributed by atoms with Crippen molar-refractivity contribution < 1.29 is 18.0 Å². The number of alkyl halides is 2. The summed E-state index contributed by atoms with van der Waals surface area (Å²) in [5.74, 6) is -1.27. The number of fused-ring (bicyclic) bond motifs is 1. The summed E-state index contributed by atoms with van der Waals surface area (Å²) >= 11 is 0. The molecule has 1 amide bonds. The van der Waals surface area contributed by atoms with Crippen LogP contribution >= 0.6 is 0 Å². The van der Waals surface area contributed by atoms with Gasteiger partial charge in [0.25, 0.3) is 6.43 Å². The van der Waals surface area contributed by atoms with Crippen LogP contribution in [0.15, 0.2) is 30.6 Å². The minimum atomic E-state index is -2.91. The Hall–Kier alpha value is -3.38. The first-order valence-corrected chi connectivity index (χ1v) is 10.3. The van der Waals surface area contributed by atoms with Crippen molar-refractivity contribution in [1.82, 2.24) is 14.9 Å². The van der Waals surface area contributed by atoms with Crippen molar-refractivity contribution in [2.75, 3.05) is 13.1 Å². The number of nitrogens with zero attached hydrogens (tertiary/aromatic N) is 3. The first kappa shape index (κ1) is 21.8. The van der Waals surface area contributed by atoms with E-state index in [1.807, 2.05) is 13.0 Å². The first-order chi connectivity index (χ1) is 15.3. The van der Waals surface area contributed by atoms with Gasteiger partial charge in [0.2, 0.25) is 5.91 Å². The lowest BCUT2D eigenvalue weighted by molar-refractivity contribution is -0.137. The Morgan fingerprint density at radius 2 is 2.06 bits per heavy atom. The van der Waals surface area contributed by atoms with Crippen molar-refractivity contribution in [3.05, 3.63) is 53.1 Å². The average molecular weight is 441 g/mol. The fourth-order valence-corrected chi connectivity index (χ4v) is 4.52. The summed E-state index contributed by atoms with van der Waals surface area (Å²) in [5, 5.41) is 10.0. The van der Waals surface area contributed by atoms with Gasteiger partial charge in [-0.05, 0) is 60.1 Å². The molecule has 0 spiro atoms. The van der Waals surface area contributed by atoms with E-state index in [2.05, 4.69) is 16.0 Å². The van der Waals surface area contributed by atoms with Gasteiger partial charge in [-0.2, -0.15) is 5.26 Å². The number of pyridine rings is 1. The van der Waals surface area contributed by atoms with Crippen LogP contribution in [-0.2, 0) is 4.79 Å². The zero-order valence-corrected chi connectivity index (χ0v) is 17.4. The second-order valence-electron chi connectivity index (χ2n) is 8.04. The maximum atomic E-state index is 15.3. The van der Waals surface area contributed by atoms with Crippen molar-refractivity contribution in [2.45, 2.75) is 38.2 Å². The number of hydrogen-bond donors (Lipinski definition) is 2. The molecule has 1 aliphatic rings. The summed E-state index contributed by atoms with van der Waals surface area (Å²) in [7, 11) is 0. The zero-order chi connectivity index (χ0) is 23.0. The summed E-state index contributed by atoms with van der Waals surface area (Å²) in [6.07, 6.45) is 1.21. The predicted molar refractivity (Wildman–Crippen MR) is 113 cm³/mol. The Kier molecular flexibility index (Phi) is 5.89. The molecule has 4 rings (SSSR count). The molecule has 0 radical (unpaired) electrons. The Balaban J connectivity index is 1.60. The Morgan fingerprint density at radius 1 is 1.34 bits per heavy atom. The van der Waals surface area contributed by atoms with Crippen LogP contribution in [0, 0.1) is 24.1 Å². The molecule has 2 aromatic heterocycles. The topological polar surface area (TPSA) is 98.8 Å². The summed E-state index contributed by atoms with van der Waals surface area (Å²) in [6, 6.07) is 5.39. The molecular weight excluding hydrogens is 419 g/mol. The SMILES string of the molecule is Cc1cc(-c2ccnc3[nH]cc(C#N)c23)cc(F)c1C1CCN(C(=O)C(N)C(F)F)CC1. The fourth-order valence-electron chi connectivity index (χ4n) is 4.52. The highest BCUT2D eigenvalue weighted by Crippen LogP contribution is 2.37. The molecule has 9 heteroatoms. The molecule has 1 aliphatic heterocycles. The van der Waals surface area contributed by atoms with Crippen molar-refractivity contribution in [2.24, 2.45) is 5.73 Å². The molecule has 0 saturated carbocycles. The molecule has 3 N–H and O–H groups in total. The van der Waals surface area contributed by atoms with Crippen molar-refractivity contribution in [3.63, 3.8) is 0 Å². The Bertz CT molecular complexity index is 1190. The molecule has 1 atom stereocenters. The van der Waals surface area contributed by atoms with Crippen LogP contribution in [0.25, 0.3) is 22.2 Å². The molecule has 1 saturated heterocycles. The highest BCUT2D eigenvalue weighted by atomic mass is 19.3. The third kappa shape index (κ3) is 3.82. The number of benzene rings is 1. The third-order valence-electron chi connectivity index (χ3n) is 6.11. The van der Waals surface area contributed by atoms with E-state index in [1.165, 1.54) is 11.0 Å². The van der Waals surface area contributed by atoms with Crippen molar-refractivity contribution in [3.8, 4) is 17.2 Å². The van der Waals surface area contributed by atoms with Crippen LogP contribution in [0.5, 0.6) is 0 Å². The number of rotatable bonds is 4. The van der Waals surface area contributed by atoms with Gasteiger partial charge in [-0.25, -0.2) is 18.2 Å². The molecule has 1 fully saturated rings. The second kappa shape index (κ2) is 8.63. The Labute approximate surface area is 182 Å². The minimum absolute atomic E-state index is 0.129. The number of halogens is 3. The van der Waals surface area contributed by atoms with Crippen LogP contribution in [0.4, 0.5) is 13.2 Å². The van der Waals surface area contributed by atoms with Gasteiger partial charge in [0.05, 0.1) is 5.56 Å². The third-order valence-corrected chi connectivity index (χ3v) is 6.11. The number of carbonyl (C=O) groups is 1. The van der Waals surface area contributed by atoms with E-state index in [0.717, 1.165) is 5.56 Å². The zero-order valence-electron chi connectivity index (χ0n) is 17.4. The number of nitrogens with two attached hydrogens (primary N) is 1. The van der Waals surface area contributed by atoms with Crippen LogP contribution < -0.4 is 5.73 Å². The lowest BCUT2D eigenvalue weighted by atomic mass is 9.84. The molecule has 6 nitrogen and oxygen atoms in total. The number of nitrogens with one attached hydrogen (secondary N) is 1. The summed E-state index contributed by atoms with van der Waals surface area (Å²) in [4.78, 5) is 20.6. The van der Waals surface area contributed by atoms with E-state index >= 15 is 4.39 Å². The number of aryl methyl sites for hydroxylation is 1. The fraction of sp³-hybridized carbons (Fsp3) is 0.348. The molecular formula is C23H22F3N5O. The van der Waals surface area contributed by atoms with E-state index in [1.54, 1.807) is 18.5 Å². The van der Waals surface area contributed by atoms with Gasteiger partial charge in [-0.15, -0.1) is 0 Å². The lowest BCUT2D eigenvalue weighted by Crippen LogP contribution is -2.50. The van der Waals surface area contributed by atoms with Gasteiger partial charge < -0.3 is 15.6 Å². The number of likely N-dealkylation sites (tertiary alicyclic amines) is 1.